The Labute approximate surface area is 337 Å². The Kier molecular flexibility index (Phi) is 13.2. The number of carbonyl (C=O) groups excluding carboxylic acids is 1. The van der Waals surface area contributed by atoms with Gasteiger partial charge in [0, 0.05) is 61.7 Å². The maximum Gasteiger partial charge on any atom is 0.326 e. The SMILES string of the molecule is Cc1c(COc2cc(OCc3cncc(C#N)c3)c(CN[C@@](C)(CO)C(=O)O)cc2Cl)cccc1-c1cccc(-c2ccc(CNCC3CCC(=O)N3)cc2)c1C. The van der Waals surface area contributed by atoms with Crippen LogP contribution in [-0.4, -0.2) is 51.8 Å². The van der Waals surface area contributed by atoms with Crippen molar-refractivity contribution in [2.45, 2.75) is 71.5 Å². The fourth-order valence-corrected chi connectivity index (χ4v) is 7.03. The molecule has 1 aliphatic rings. The number of rotatable bonds is 17. The van der Waals surface area contributed by atoms with E-state index in [4.69, 9.17) is 21.1 Å². The third-order valence-corrected chi connectivity index (χ3v) is 10.7. The highest BCUT2D eigenvalue weighted by Crippen LogP contribution is 2.37. The average molecular weight is 788 g/mol. The number of nitrogens with zero attached hydrogens (tertiary/aromatic N) is 2. The minimum atomic E-state index is -1.59. The highest BCUT2D eigenvalue weighted by atomic mass is 35.5. The monoisotopic (exact) mass is 787 g/mol. The van der Waals surface area contributed by atoms with Crippen molar-refractivity contribution in [3.05, 3.63) is 135 Å². The lowest BCUT2D eigenvalue weighted by Gasteiger charge is -2.25. The van der Waals surface area contributed by atoms with E-state index < -0.39 is 18.1 Å². The minimum absolute atomic E-state index is 0.0262. The van der Waals surface area contributed by atoms with E-state index in [1.54, 1.807) is 24.4 Å². The third kappa shape index (κ3) is 9.97. The number of benzene rings is 4. The highest BCUT2D eigenvalue weighted by Gasteiger charge is 2.32. The van der Waals surface area contributed by atoms with Crippen LogP contribution in [-0.2, 0) is 35.9 Å². The molecule has 0 bridgehead atoms. The molecule has 1 unspecified atom stereocenters. The molecule has 11 nitrogen and oxygen atoms in total. The minimum Gasteiger partial charge on any atom is -0.488 e. The molecule has 12 heteroatoms. The van der Waals surface area contributed by atoms with E-state index in [1.165, 1.54) is 18.7 Å². The zero-order valence-electron chi connectivity index (χ0n) is 32.2. The van der Waals surface area contributed by atoms with Crippen molar-refractivity contribution in [2.24, 2.45) is 0 Å². The maximum atomic E-state index is 11.8. The molecule has 1 fully saturated rings. The molecule has 5 N–H and O–H groups in total. The van der Waals surface area contributed by atoms with Gasteiger partial charge in [-0.05, 0) is 83.8 Å². The summed E-state index contributed by atoms with van der Waals surface area (Å²) in [7, 11) is 0. The molecule has 6 rings (SSSR count). The third-order valence-electron chi connectivity index (χ3n) is 10.4. The number of hydrogen-bond donors (Lipinski definition) is 5. The molecule has 294 valence electrons. The molecule has 57 heavy (non-hydrogen) atoms. The van der Waals surface area contributed by atoms with Gasteiger partial charge >= 0.3 is 5.97 Å². The summed E-state index contributed by atoms with van der Waals surface area (Å²) in [5.41, 5.74) is 8.86. The van der Waals surface area contributed by atoms with E-state index in [-0.39, 0.29) is 31.7 Å². The molecular weight excluding hydrogens is 742 g/mol. The van der Waals surface area contributed by atoms with Crippen LogP contribution < -0.4 is 25.4 Å². The van der Waals surface area contributed by atoms with Crippen LogP contribution in [0.2, 0.25) is 5.02 Å². The van der Waals surface area contributed by atoms with E-state index in [1.807, 2.05) is 12.1 Å². The second-order valence-electron chi connectivity index (χ2n) is 14.5. The molecule has 1 amide bonds. The van der Waals surface area contributed by atoms with Crippen molar-refractivity contribution in [3.63, 3.8) is 0 Å². The van der Waals surface area contributed by atoms with Gasteiger partial charge in [0.25, 0.3) is 0 Å². The van der Waals surface area contributed by atoms with Gasteiger partial charge in [-0.2, -0.15) is 5.26 Å². The summed E-state index contributed by atoms with van der Waals surface area (Å²) in [6, 6.07) is 28.3. The van der Waals surface area contributed by atoms with Crippen molar-refractivity contribution < 1.29 is 29.3 Å². The van der Waals surface area contributed by atoms with Crippen molar-refractivity contribution >= 4 is 23.5 Å². The largest absolute Gasteiger partial charge is 0.488 e. The van der Waals surface area contributed by atoms with Gasteiger partial charge in [-0.15, -0.1) is 0 Å². The van der Waals surface area contributed by atoms with Gasteiger partial charge in [-0.1, -0.05) is 72.3 Å². The molecule has 1 saturated heterocycles. The predicted octanol–water partition coefficient (Wildman–Crippen LogP) is 7.01. The van der Waals surface area contributed by atoms with Gasteiger partial charge in [0.2, 0.25) is 5.91 Å². The topological polar surface area (TPSA) is 166 Å². The van der Waals surface area contributed by atoms with Crippen LogP contribution in [0.1, 0.15) is 58.7 Å². The number of aliphatic hydroxyl groups excluding tert-OH is 1. The van der Waals surface area contributed by atoms with E-state index in [9.17, 15) is 25.1 Å². The Morgan fingerprint density at radius 1 is 0.930 bits per heavy atom. The summed E-state index contributed by atoms with van der Waals surface area (Å²) < 4.78 is 12.5. The molecule has 1 aliphatic heterocycles. The first kappa shape index (κ1) is 40.9. The number of aliphatic carboxylic acids is 1. The maximum absolute atomic E-state index is 11.8. The average Bonchev–Trinajstić information content (AvgIpc) is 3.64. The van der Waals surface area contributed by atoms with Crippen molar-refractivity contribution in [1.82, 2.24) is 20.9 Å². The zero-order chi connectivity index (χ0) is 40.5. The van der Waals surface area contributed by atoms with Crippen LogP contribution >= 0.6 is 11.6 Å². The summed E-state index contributed by atoms with van der Waals surface area (Å²) in [6.45, 7) is 6.79. The summed E-state index contributed by atoms with van der Waals surface area (Å²) in [5.74, 6) is -0.323. The molecule has 0 saturated carbocycles. The number of carbonyl (C=O) groups is 2. The predicted molar refractivity (Wildman–Crippen MR) is 219 cm³/mol. The molecule has 0 aliphatic carbocycles. The summed E-state index contributed by atoms with van der Waals surface area (Å²) in [5, 5.41) is 38.4. The zero-order valence-corrected chi connectivity index (χ0v) is 33.0. The number of nitrogens with one attached hydrogen (secondary N) is 3. The molecule has 4 aromatic carbocycles. The van der Waals surface area contributed by atoms with Crippen molar-refractivity contribution in [1.29, 1.82) is 5.26 Å². The van der Waals surface area contributed by atoms with Crippen LogP contribution in [0.15, 0.2) is 91.3 Å². The van der Waals surface area contributed by atoms with E-state index in [0.717, 1.165) is 58.5 Å². The Hall–Kier alpha value is -5.77. The molecule has 2 atom stereocenters. The Balaban J connectivity index is 1.19. The molecule has 0 spiro atoms. The van der Waals surface area contributed by atoms with Crippen molar-refractivity contribution in [2.75, 3.05) is 13.2 Å². The van der Waals surface area contributed by atoms with Crippen LogP contribution in [0.5, 0.6) is 11.5 Å². The number of ether oxygens (including phenoxy) is 2. The van der Waals surface area contributed by atoms with Gasteiger partial charge in [-0.25, -0.2) is 0 Å². The van der Waals surface area contributed by atoms with E-state index in [0.29, 0.717) is 39.6 Å². The highest BCUT2D eigenvalue weighted by molar-refractivity contribution is 6.32. The number of amides is 1. The normalized spacial score (nSPS) is 14.7. The lowest BCUT2D eigenvalue weighted by molar-refractivity contribution is -0.146. The molecular formula is C45H46ClN5O6. The first-order valence-electron chi connectivity index (χ1n) is 18.8. The molecule has 1 aromatic heterocycles. The summed E-state index contributed by atoms with van der Waals surface area (Å²) in [4.78, 5) is 27.5. The lowest BCUT2D eigenvalue weighted by atomic mass is 9.89. The van der Waals surface area contributed by atoms with Crippen LogP contribution in [0, 0.1) is 25.2 Å². The number of carboxylic acids is 1. The Morgan fingerprint density at radius 3 is 2.35 bits per heavy atom. The van der Waals surface area contributed by atoms with Gasteiger partial charge in [0.15, 0.2) is 0 Å². The second-order valence-corrected chi connectivity index (χ2v) is 14.9. The molecule has 0 radical (unpaired) electrons. The first-order chi connectivity index (χ1) is 27.5. The summed E-state index contributed by atoms with van der Waals surface area (Å²) >= 11 is 6.76. The number of aliphatic hydroxyl groups is 1. The number of halogens is 1. The Morgan fingerprint density at radius 2 is 1.65 bits per heavy atom. The number of nitriles is 1. The summed E-state index contributed by atoms with van der Waals surface area (Å²) in [6.07, 6.45) is 4.54. The van der Waals surface area contributed by atoms with E-state index in [2.05, 4.69) is 89.4 Å². The fourth-order valence-electron chi connectivity index (χ4n) is 6.79. The van der Waals surface area contributed by atoms with Gasteiger partial charge in [0.05, 0.1) is 17.2 Å². The van der Waals surface area contributed by atoms with Crippen molar-refractivity contribution in [3.8, 4) is 39.8 Å². The van der Waals surface area contributed by atoms with Gasteiger partial charge in [-0.3, -0.25) is 19.9 Å². The number of aromatic nitrogens is 1. The van der Waals surface area contributed by atoms with Crippen LogP contribution in [0.3, 0.4) is 0 Å². The van der Waals surface area contributed by atoms with Gasteiger partial charge in [0.1, 0.15) is 36.3 Å². The standard InChI is InChI=1S/C45H46ClN5O6/c1-28-34(6-4-8-38(28)39-9-5-7-37(29(39)2)33-12-10-30(11-13-33)20-49-24-36-14-15-43(53)51-36)26-57-42-18-41(56-25-32-16-31(19-47)21-48-22-32)35(17-40(42)46)23-50-45(3,27-52)44(54)55/h4-13,16-18,21-22,36,49-50,52H,14-15,20,23-27H2,1-3H3,(H,51,53)(H,54,55)/t36?,45-/m0/s1. The van der Waals surface area contributed by atoms with Crippen LogP contribution in [0.25, 0.3) is 22.3 Å². The smallest absolute Gasteiger partial charge is 0.326 e. The van der Waals surface area contributed by atoms with E-state index >= 15 is 0 Å². The number of hydrogen-bond acceptors (Lipinski definition) is 9. The Bertz CT molecular complexity index is 2290. The quantitative estimate of drug-likeness (QED) is 0.0662. The number of carboxylic acid groups (broad SMARTS) is 1. The fraction of sp³-hybridized carbons (Fsp3) is 0.289. The second kappa shape index (κ2) is 18.4. The molecule has 5 aromatic rings. The lowest BCUT2D eigenvalue weighted by Crippen LogP contribution is -2.52. The van der Waals surface area contributed by atoms with Crippen LogP contribution in [0.4, 0.5) is 0 Å². The first-order valence-corrected chi connectivity index (χ1v) is 19.1. The molecule has 2 heterocycles. The van der Waals surface area contributed by atoms with Gasteiger partial charge < -0.3 is 30.3 Å². The number of pyridine rings is 1.